The Bertz CT molecular complexity index is 1900. The Labute approximate surface area is 272 Å². The van der Waals surface area contributed by atoms with Crippen LogP contribution in [0, 0.1) is 0 Å². The highest BCUT2D eigenvalue weighted by Gasteiger charge is 2.49. The van der Waals surface area contributed by atoms with Crippen molar-refractivity contribution >= 4 is 45.9 Å². The van der Waals surface area contributed by atoms with Gasteiger partial charge in [0, 0.05) is 17.4 Å². The summed E-state index contributed by atoms with van der Waals surface area (Å²) in [6, 6.07) is 11.8. The lowest BCUT2D eigenvalue weighted by atomic mass is 9.90. The van der Waals surface area contributed by atoms with Crippen LogP contribution in [0.4, 0.5) is 19.0 Å². The number of aliphatic hydroxyl groups is 2. The van der Waals surface area contributed by atoms with Gasteiger partial charge in [-0.25, -0.2) is 14.8 Å². The van der Waals surface area contributed by atoms with Crippen LogP contribution in [0.2, 0.25) is 5.28 Å². The molecule has 0 spiro atoms. The number of carbonyl (C=O) groups is 1. The molecule has 2 aromatic carbocycles. The summed E-state index contributed by atoms with van der Waals surface area (Å²) in [7, 11) is 0. The molecule has 0 unspecified atom stereocenters. The molecule has 0 radical (unpaired) electrons. The minimum atomic E-state index is -4.89. The number of imidazole rings is 1. The number of aliphatic carboxylic acids is 1. The standard InChI is InChI=1S/C29H24ClF3N6O7S/c30-27-37-23(34)20-24(38-27)39(12-35-20)25-22(41)21(40)18(45-25)10-44-28(26(42)43,19-11-47-13-36-19)9-14-5-7-15(8-6-14)16-3-1-2-4-17(16)46-29(31,32)33/h1-8,11-13,18,21-22,25,40-41H,9-10H2,(H,42,43)(H2,34,37,38)/t18-,21-,22-,25-,28+/m1/s1. The van der Waals surface area contributed by atoms with Crippen LogP contribution in [0.3, 0.4) is 0 Å². The van der Waals surface area contributed by atoms with Crippen molar-refractivity contribution < 1.29 is 47.5 Å². The summed E-state index contributed by atoms with van der Waals surface area (Å²) in [5, 5.41) is 33.6. The van der Waals surface area contributed by atoms with E-state index in [1.165, 1.54) is 52.1 Å². The van der Waals surface area contributed by atoms with Crippen LogP contribution in [0.5, 0.6) is 5.75 Å². The van der Waals surface area contributed by atoms with Gasteiger partial charge in [0.2, 0.25) is 10.9 Å². The summed E-state index contributed by atoms with van der Waals surface area (Å²) in [5.74, 6) is -1.80. The number of nitrogens with zero attached hydrogens (tertiary/aromatic N) is 5. The molecule has 0 bridgehead atoms. The van der Waals surface area contributed by atoms with E-state index in [0.29, 0.717) is 11.1 Å². The number of carboxylic acids is 1. The molecule has 18 heteroatoms. The smallest absolute Gasteiger partial charge is 0.479 e. The molecule has 1 saturated heterocycles. The quantitative estimate of drug-likeness (QED) is 0.155. The Morgan fingerprint density at radius 1 is 1.09 bits per heavy atom. The number of benzene rings is 2. The monoisotopic (exact) mass is 692 g/mol. The van der Waals surface area contributed by atoms with Crippen molar-refractivity contribution in [2.75, 3.05) is 12.3 Å². The average molecular weight is 693 g/mol. The average Bonchev–Trinajstić information content (AvgIpc) is 3.76. The molecular weight excluding hydrogens is 669 g/mol. The zero-order valence-electron chi connectivity index (χ0n) is 23.8. The number of fused-ring (bicyclic) bond motifs is 1. The minimum absolute atomic E-state index is 0.00643. The fraction of sp³-hybridized carbons (Fsp3) is 0.276. The second-order valence-electron chi connectivity index (χ2n) is 10.5. The number of rotatable bonds is 10. The fourth-order valence-electron chi connectivity index (χ4n) is 5.30. The number of hydrogen-bond donors (Lipinski definition) is 4. The van der Waals surface area contributed by atoms with E-state index < -0.39 is 54.8 Å². The highest BCUT2D eigenvalue weighted by atomic mass is 35.5. The first-order valence-corrected chi connectivity index (χ1v) is 15.1. The highest BCUT2D eigenvalue weighted by Crippen LogP contribution is 2.38. The van der Waals surface area contributed by atoms with E-state index in [9.17, 15) is 33.3 Å². The van der Waals surface area contributed by atoms with E-state index >= 15 is 0 Å². The second kappa shape index (κ2) is 12.7. The molecule has 1 fully saturated rings. The van der Waals surface area contributed by atoms with Gasteiger partial charge in [-0.1, -0.05) is 42.5 Å². The molecule has 3 aromatic heterocycles. The zero-order valence-corrected chi connectivity index (χ0v) is 25.4. The first kappa shape index (κ1) is 32.5. The SMILES string of the molecule is Nc1nc(Cl)nc2c1ncn2[C@@H]1O[C@H](CO[C@](Cc2ccc(-c3ccccc3OC(F)(F)F)cc2)(C(=O)O)c2cscn2)[C@@H](O)[C@H]1O. The van der Waals surface area contributed by atoms with Gasteiger partial charge in [0.1, 0.15) is 29.6 Å². The third kappa shape index (κ3) is 6.45. The molecule has 47 heavy (non-hydrogen) atoms. The molecule has 0 amide bonds. The number of ether oxygens (including phenoxy) is 3. The number of thiazole rings is 1. The lowest BCUT2D eigenvalue weighted by Crippen LogP contribution is -2.44. The number of aliphatic hydroxyl groups excluding tert-OH is 2. The second-order valence-corrected chi connectivity index (χ2v) is 11.5. The number of anilines is 1. The van der Waals surface area contributed by atoms with Crippen molar-refractivity contribution in [3.8, 4) is 16.9 Å². The van der Waals surface area contributed by atoms with Gasteiger partial charge in [-0.2, -0.15) is 9.97 Å². The van der Waals surface area contributed by atoms with Crippen LogP contribution in [-0.4, -0.2) is 77.1 Å². The molecule has 0 aliphatic carbocycles. The molecule has 5 atom stereocenters. The third-order valence-corrected chi connectivity index (χ3v) is 8.30. The molecular formula is C29H24ClF3N6O7S. The van der Waals surface area contributed by atoms with Crippen molar-refractivity contribution in [2.24, 2.45) is 0 Å². The number of para-hydroxylation sites is 1. The summed E-state index contributed by atoms with van der Waals surface area (Å²) < 4.78 is 56.3. The zero-order chi connectivity index (χ0) is 33.5. The first-order chi connectivity index (χ1) is 22.4. The molecule has 4 heterocycles. The summed E-state index contributed by atoms with van der Waals surface area (Å²) in [4.78, 5) is 29.2. The maximum absolute atomic E-state index is 13.0. The van der Waals surface area contributed by atoms with Gasteiger partial charge in [-0.05, 0) is 28.8 Å². The van der Waals surface area contributed by atoms with Gasteiger partial charge in [-0.15, -0.1) is 24.5 Å². The highest BCUT2D eigenvalue weighted by molar-refractivity contribution is 7.07. The van der Waals surface area contributed by atoms with Gasteiger partial charge in [0.25, 0.3) is 0 Å². The van der Waals surface area contributed by atoms with Crippen molar-refractivity contribution in [3.05, 3.63) is 82.3 Å². The maximum atomic E-state index is 13.0. The van der Waals surface area contributed by atoms with E-state index in [0.717, 1.165) is 11.3 Å². The Balaban J connectivity index is 1.25. The normalized spacial score (nSPS) is 21.1. The van der Waals surface area contributed by atoms with Crippen LogP contribution < -0.4 is 10.5 Å². The largest absolute Gasteiger partial charge is 0.573 e. The number of aromatic nitrogens is 5. The molecule has 13 nitrogen and oxygen atoms in total. The number of halogens is 4. The van der Waals surface area contributed by atoms with E-state index in [1.807, 2.05) is 0 Å². The van der Waals surface area contributed by atoms with Crippen molar-refractivity contribution in [2.45, 2.75) is 42.9 Å². The summed E-state index contributed by atoms with van der Waals surface area (Å²) in [6.45, 7) is -0.497. The minimum Gasteiger partial charge on any atom is -0.479 e. The lowest BCUT2D eigenvalue weighted by molar-refractivity contribution is -0.274. The molecule has 6 rings (SSSR count). The van der Waals surface area contributed by atoms with E-state index in [-0.39, 0.29) is 39.9 Å². The van der Waals surface area contributed by atoms with Crippen LogP contribution in [0.15, 0.2) is 65.7 Å². The summed E-state index contributed by atoms with van der Waals surface area (Å²) in [5.41, 5.74) is 6.63. The predicted molar refractivity (Wildman–Crippen MR) is 160 cm³/mol. The van der Waals surface area contributed by atoms with E-state index in [1.54, 1.807) is 18.2 Å². The number of hydrogen-bond acceptors (Lipinski definition) is 12. The number of nitrogens with two attached hydrogens (primary N) is 1. The van der Waals surface area contributed by atoms with Gasteiger partial charge in [0.15, 0.2) is 17.7 Å². The topological polar surface area (TPSA) is 188 Å². The Kier molecular flexibility index (Phi) is 8.77. The summed E-state index contributed by atoms with van der Waals surface area (Å²) in [6.07, 6.45) is -9.33. The molecule has 0 saturated carbocycles. The maximum Gasteiger partial charge on any atom is 0.573 e. The van der Waals surface area contributed by atoms with Crippen molar-refractivity contribution in [1.82, 2.24) is 24.5 Å². The third-order valence-electron chi connectivity index (χ3n) is 7.55. The fourth-order valence-corrected chi connectivity index (χ4v) is 6.09. The van der Waals surface area contributed by atoms with E-state index in [4.69, 9.17) is 26.8 Å². The molecule has 246 valence electrons. The Morgan fingerprint density at radius 2 is 1.83 bits per heavy atom. The van der Waals surface area contributed by atoms with Crippen LogP contribution in [0.25, 0.3) is 22.3 Å². The number of alkyl halides is 3. The Morgan fingerprint density at radius 3 is 2.51 bits per heavy atom. The van der Waals surface area contributed by atoms with E-state index in [2.05, 4.69) is 24.7 Å². The van der Waals surface area contributed by atoms with Gasteiger partial charge in [0.05, 0.1) is 24.1 Å². The molecule has 5 aromatic rings. The van der Waals surface area contributed by atoms with Crippen LogP contribution >= 0.6 is 22.9 Å². The molecule has 5 N–H and O–H groups in total. The Hall–Kier alpha value is -4.39. The van der Waals surface area contributed by atoms with Crippen LogP contribution in [0.1, 0.15) is 17.5 Å². The number of nitrogen functional groups attached to an aromatic ring is 1. The molecule has 1 aliphatic heterocycles. The van der Waals surface area contributed by atoms with Crippen molar-refractivity contribution in [1.29, 1.82) is 0 Å². The van der Waals surface area contributed by atoms with Gasteiger partial charge < -0.3 is 35.3 Å². The van der Waals surface area contributed by atoms with Gasteiger partial charge in [-0.3, -0.25) is 4.57 Å². The summed E-state index contributed by atoms with van der Waals surface area (Å²) >= 11 is 7.08. The first-order valence-electron chi connectivity index (χ1n) is 13.7. The predicted octanol–water partition coefficient (Wildman–Crippen LogP) is 3.94. The van der Waals surface area contributed by atoms with Gasteiger partial charge >= 0.3 is 12.3 Å². The van der Waals surface area contributed by atoms with Crippen molar-refractivity contribution in [3.63, 3.8) is 0 Å². The number of carboxylic acid groups (broad SMARTS) is 1. The van der Waals surface area contributed by atoms with Crippen LogP contribution in [-0.2, 0) is 26.3 Å². The lowest BCUT2D eigenvalue weighted by Gasteiger charge is -2.30. The molecule has 1 aliphatic rings.